The summed E-state index contributed by atoms with van der Waals surface area (Å²) < 4.78 is 12.8. The van der Waals surface area contributed by atoms with Crippen LogP contribution < -0.4 is 11.4 Å². The number of rotatable bonds is 3. The van der Waals surface area contributed by atoms with Gasteiger partial charge in [0.05, 0.1) is 13.2 Å². The topological polar surface area (TPSA) is 112 Å². The van der Waals surface area contributed by atoms with Crippen LogP contribution >= 0.6 is 0 Å². The van der Waals surface area contributed by atoms with E-state index < -0.39 is 29.7 Å². The van der Waals surface area contributed by atoms with Crippen LogP contribution in [0.15, 0.2) is 11.0 Å². The first-order valence-electron chi connectivity index (χ1n) is 6.96. The Labute approximate surface area is 127 Å². The molecule has 9 heteroatoms. The van der Waals surface area contributed by atoms with Gasteiger partial charge in [0.1, 0.15) is 17.5 Å². The number of aliphatic hydroxyl groups excluding tert-OH is 1. The second-order valence-electron chi connectivity index (χ2n) is 5.74. The first-order chi connectivity index (χ1) is 10.4. The molecule has 9 nitrogen and oxygen atoms in total. The molecule has 122 valence electrons. The maximum atomic E-state index is 12.2. The van der Waals surface area contributed by atoms with Crippen LogP contribution in [0.5, 0.6) is 0 Å². The number of nitrogen functional groups attached to an aromatic ring is 1. The van der Waals surface area contributed by atoms with Crippen molar-refractivity contribution in [3.63, 3.8) is 0 Å². The quantitative estimate of drug-likeness (QED) is 0.705. The van der Waals surface area contributed by atoms with E-state index in [4.69, 9.17) is 20.0 Å². The van der Waals surface area contributed by atoms with Crippen LogP contribution in [0.1, 0.15) is 11.8 Å². The summed E-state index contributed by atoms with van der Waals surface area (Å²) >= 11 is 0. The Morgan fingerprint density at radius 1 is 1.64 bits per heavy atom. The van der Waals surface area contributed by atoms with E-state index in [2.05, 4.69) is 4.98 Å². The zero-order valence-electron chi connectivity index (χ0n) is 12.7. The molecule has 0 amide bonds. The second-order valence-corrected chi connectivity index (χ2v) is 5.74. The highest BCUT2D eigenvalue weighted by Gasteiger charge is 2.61. The third-order valence-corrected chi connectivity index (χ3v) is 4.21. The van der Waals surface area contributed by atoms with E-state index in [1.807, 2.05) is 0 Å². The van der Waals surface area contributed by atoms with Crippen molar-refractivity contribution in [3.8, 4) is 0 Å². The predicted octanol–water partition coefficient (Wildman–Crippen LogP) is -1.35. The van der Waals surface area contributed by atoms with Crippen LogP contribution in [0.4, 0.5) is 5.82 Å². The van der Waals surface area contributed by atoms with Gasteiger partial charge in [0, 0.05) is 25.9 Å². The van der Waals surface area contributed by atoms with E-state index in [0.717, 1.165) is 0 Å². The molecule has 0 aliphatic carbocycles. The number of nitrogens with two attached hydrogens (primary N) is 1. The molecule has 2 aliphatic heterocycles. The van der Waals surface area contributed by atoms with Gasteiger partial charge in [-0.2, -0.15) is 10.0 Å². The number of aryl methyl sites for hydroxylation is 1. The van der Waals surface area contributed by atoms with Crippen LogP contribution in [-0.4, -0.2) is 64.8 Å². The van der Waals surface area contributed by atoms with Gasteiger partial charge in [0.25, 0.3) is 0 Å². The number of anilines is 1. The van der Waals surface area contributed by atoms with E-state index in [1.165, 1.54) is 11.7 Å². The summed E-state index contributed by atoms with van der Waals surface area (Å²) in [5, 5.41) is 11.4. The molecule has 3 N–H and O–H groups in total. The molecule has 0 aromatic carbocycles. The summed E-state index contributed by atoms with van der Waals surface area (Å²) in [6.45, 7) is 1.83. The van der Waals surface area contributed by atoms with Crippen molar-refractivity contribution in [2.75, 3.05) is 33.0 Å². The summed E-state index contributed by atoms with van der Waals surface area (Å²) in [7, 11) is 3.27. The minimum absolute atomic E-state index is 0.181. The lowest BCUT2D eigenvalue weighted by molar-refractivity contribution is -0.261. The number of fused-ring (bicyclic) bond motifs is 2. The molecular weight excluding hydrogens is 292 g/mol. The molecule has 4 atom stereocenters. The van der Waals surface area contributed by atoms with E-state index in [1.54, 1.807) is 25.2 Å². The number of nitrogens with zero attached hydrogens (tertiary/aromatic N) is 3. The van der Waals surface area contributed by atoms with Crippen LogP contribution in [0.3, 0.4) is 0 Å². The molecule has 1 aromatic rings. The Balaban J connectivity index is 2.06. The van der Waals surface area contributed by atoms with Crippen molar-refractivity contribution < 1.29 is 19.4 Å². The minimum atomic E-state index is -0.953. The lowest BCUT2D eigenvalue weighted by Crippen LogP contribution is -2.59. The van der Waals surface area contributed by atoms with Crippen molar-refractivity contribution >= 4 is 5.82 Å². The Kier molecular flexibility index (Phi) is 3.69. The number of aliphatic hydroxyl groups is 1. The standard InChI is InChI=1S/C13H20N4O5/c1-7-4-17(12(19)15-10(7)14)11-8-9(20-3)13(6-18,21-11)5-16(2)22-8/h4,8-9,11,18H,5-6H2,1-3H3,(H2,14,15,19)/t8?,9?,11-,13-/m1/s1. The Morgan fingerprint density at radius 2 is 2.36 bits per heavy atom. The molecule has 0 radical (unpaired) electrons. The highest BCUT2D eigenvalue weighted by molar-refractivity contribution is 5.35. The van der Waals surface area contributed by atoms with Crippen LogP contribution in [0.25, 0.3) is 0 Å². The summed E-state index contributed by atoms with van der Waals surface area (Å²) in [5.74, 6) is 0.181. The molecule has 2 saturated heterocycles. The van der Waals surface area contributed by atoms with Crippen molar-refractivity contribution in [2.45, 2.75) is 31.0 Å². The molecule has 1 aromatic heterocycles. The largest absolute Gasteiger partial charge is 0.393 e. The number of hydrogen-bond donors (Lipinski definition) is 2. The number of hydroxylamine groups is 2. The molecule has 22 heavy (non-hydrogen) atoms. The second kappa shape index (κ2) is 5.28. The smallest absolute Gasteiger partial charge is 0.351 e. The molecule has 2 bridgehead atoms. The van der Waals surface area contributed by atoms with E-state index in [0.29, 0.717) is 12.1 Å². The van der Waals surface area contributed by atoms with Gasteiger partial charge in [-0.05, 0) is 6.92 Å². The van der Waals surface area contributed by atoms with E-state index >= 15 is 0 Å². The molecule has 2 aliphatic rings. The highest BCUT2D eigenvalue weighted by Crippen LogP contribution is 2.43. The number of methoxy groups -OCH3 is 1. The van der Waals surface area contributed by atoms with Crippen LogP contribution in [0.2, 0.25) is 0 Å². The molecule has 0 saturated carbocycles. The fraction of sp³-hybridized carbons (Fsp3) is 0.692. The van der Waals surface area contributed by atoms with Gasteiger partial charge in [0.15, 0.2) is 12.3 Å². The Morgan fingerprint density at radius 3 is 3.00 bits per heavy atom. The first kappa shape index (κ1) is 15.4. The highest BCUT2D eigenvalue weighted by atomic mass is 16.7. The fourth-order valence-electron chi connectivity index (χ4n) is 3.18. The van der Waals surface area contributed by atoms with Crippen molar-refractivity contribution in [1.29, 1.82) is 0 Å². The summed E-state index contributed by atoms with van der Waals surface area (Å²) in [6.07, 6.45) is -0.236. The molecule has 0 spiro atoms. The summed E-state index contributed by atoms with van der Waals surface area (Å²) in [4.78, 5) is 21.7. The van der Waals surface area contributed by atoms with Gasteiger partial charge >= 0.3 is 5.69 Å². The van der Waals surface area contributed by atoms with E-state index in [-0.39, 0.29) is 12.4 Å². The van der Waals surface area contributed by atoms with Gasteiger partial charge in [-0.25, -0.2) is 4.79 Å². The predicted molar refractivity (Wildman–Crippen MR) is 75.9 cm³/mol. The van der Waals surface area contributed by atoms with Gasteiger partial charge in [-0.1, -0.05) is 0 Å². The van der Waals surface area contributed by atoms with Crippen molar-refractivity contribution in [2.24, 2.45) is 0 Å². The average molecular weight is 312 g/mol. The minimum Gasteiger partial charge on any atom is -0.393 e. The summed E-state index contributed by atoms with van der Waals surface area (Å²) in [6, 6.07) is 0. The molecule has 2 unspecified atom stereocenters. The van der Waals surface area contributed by atoms with Gasteiger partial charge < -0.3 is 20.3 Å². The van der Waals surface area contributed by atoms with E-state index in [9.17, 15) is 9.90 Å². The van der Waals surface area contributed by atoms with Crippen molar-refractivity contribution in [1.82, 2.24) is 14.6 Å². The Hall–Kier alpha value is -1.52. The van der Waals surface area contributed by atoms with Gasteiger partial charge in [0.2, 0.25) is 0 Å². The summed E-state index contributed by atoms with van der Waals surface area (Å²) in [5.41, 5.74) is 4.83. The lowest BCUT2D eigenvalue weighted by Gasteiger charge is -2.40. The fourth-order valence-corrected chi connectivity index (χ4v) is 3.18. The Bertz CT molecular complexity index is 635. The molecule has 3 rings (SSSR count). The van der Waals surface area contributed by atoms with Crippen molar-refractivity contribution in [3.05, 3.63) is 22.2 Å². The first-order valence-corrected chi connectivity index (χ1v) is 6.96. The zero-order valence-corrected chi connectivity index (χ0v) is 12.7. The SMILES string of the molecule is COC1C2ON(C)C[C@]1(CO)O[C@H]2n1cc(C)c(N)nc1=O. The van der Waals surface area contributed by atoms with Crippen LogP contribution in [-0.2, 0) is 14.3 Å². The zero-order chi connectivity index (χ0) is 16.1. The average Bonchev–Trinajstić information content (AvgIpc) is 2.67. The monoisotopic (exact) mass is 312 g/mol. The lowest BCUT2D eigenvalue weighted by atomic mass is 9.94. The molecule has 2 fully saturated rings. The maximum Gasteiger partial charge on any atom is 0.351 e. The number of hydrogen-bond acceptors (Lipinski definition) is 8. The number of ether oxygens (including phenoxy) is 2. The molecular formula is C13H20N4O5. The number of likely N-dealkylation sites (N-methyl/N-ethyl adjacent to an activating group) is 1. The third kappa shape index (κ3) is 2.13. The maximum absolute atomic E-state index is 12.2. The third-order valence-electron chi connectivity index (χ3n) is 4.21. The number of aromatic nitrogens is 2. The van der Waals surface area contributed by atoms with Gasteiger partial charge in [-0.3, -0.25) is 9.40 Å². The van der Waals surface area contributed by atoms with Crippen LogP contribution in [0, 0.1) is 6.92 Å². The molecule has 3 heterocycles. The van der Waals surface area contributed by atoms with Gasteiger partial charge in [-0.15, -0.1) is 0 Å². The normalized spacial score (nSPS) is 35.0.